The molecule has 0 unspecified atom stereocenters. The normalized spacial score (nSPS) is 16.7. The molecule has 150 valence electrons. The molecule has 0 radical (unpaired) electrons. The zero-order chi connectivity index (χ0) is 21.3. The molecule has 2 aromatic rings. The van der Waals surface area contributed by atoms with Crippen molar-refractivity contribution in [2.45, 2.75) is 25.7 Å². The molecule has 8 heteroatoms. The lowest BCUT2D eigenvalue weighted by Crippen LogP contribution is -2.41. The molecule has 1 aliphatic heterocycles. The summed E-state index contributed by atoms with van der Waals surface area (Å²) in [5, 5.41) is 9.41. The van der Waals surface area contributed by atoms with Crippen LogP contribution in [-0.4, -0.2) is 37.5 Å². The third kappa shape index (κ3) is 3.43. The lowest BCUT2D eigenvalue weighted by Gasteiger charge is -2.31. The van der Waals surface area contributed by atoms with Crippen molar-refractivity contribution in [3.8, 4) is 6.07 Å². The summed E-state index contributed by atoms with van der Waals surface area (Å²) < 4.78 is 27.0. The molecule has 29 heavy (non-hydrogen) atoms. The van der Waals surface area contributed by atoms with Gasteiger partial charge in [0.05, 0.1) is 16.7 Å². The first kappa shape index (κ1) is 20.7. The van der Waals surface area contributed by atoms with Crippen molar-refractivity contribution in [2.75, 3.05) is 18.0 Å². The lowest BCUT2D eigenvalue weighted by molar-refractivity contribution is -0.119. The minimum atomic E-state index is -3.79. The minimum absolute atomic E-state index is 0.0387. The van der Waals surface area contributed by atoms with Gasteiger partial charge in [-0.2, -0.15) is 9.57 Å². The number of rotatable bonds is 5. The summed E-state index contributed by atoms with van der Waals surface area (Å²) >= 11 is 0. The number of ketones is 1. The molecule has 1 heterocycles. The van der Waals surface area contributed by atoms with Crippen molar-refractivity contribution in [3.63, 3.8) is 0 Å². The molecular weight excluding hydrogens is 390 g/mol. The highest BCUT2D eigenvalue weighted by atomic mass is 32.2. The van der Waals surface area contributed by atoms with E-state index in [0.29, 0.717) is 18.8 Å². The Morgan fingerprint density at radius 3 is 2.24 bits per heavy atom. The first-order valence-electron chi connectivity index (χ1n) is 9.24. The second-order valence-corrected chi connectivity index (χ2v) is 8.64. The van der Waals surface area contributed by atoms with Crippen LogP contribution in [0.3, 0.4) is 0 Å². The Hall–Kier alpha value is -3.02. The number of hydrogen-bond acceptors (Lipinski definition) is 5. The largest absolute Gasteiger partial charge is 0.292 e. The molecule has 2 aromatic carbocycles. The van der Waals surface area contributed by atoms with Gasteiger partial charge in [-0.05, 0) is 37.3 Å². The van der Waals surface area contributed by atoms with Crippen molar-refractivity contribution in [2.24, 2.45) is 5.92 Å². The third-order valence-electron chi connectivity index (χ3n) is 4.97. The van der Waals surface area contributed by atoms with Crippen LogP contribution in [0.5, 0.6) is 0 Å². The van der Waals surface area contributed by atoms with E-state index in [1.807, 2.05) is 19.1 Å². The fourth-order valence-electron chi connectivity index (χ4n) is 3.37. The third-order valence-corrected chi connectivity index (χ3v) is 7.01. The fourth-order valence-corrected chi connectivity index (χ4v) is 4.85. The van der Waals surface area contributed by atoms with Crippen LogP contribution < -0.4 is 4.90 Å². The number of fused-ring (bicyclic) bond motifs is 1. The number of nitriles is 1. The van der Waals surface area contributed by atoms with E-state index >= 15 is 0 Å². The van der Waals surface area contributed by atoms with Crippen LogP contribution in [0, 0.1) is 24.2 Å². The van der Waals surface area contributed by atoms with Crippen LogP contribution in [0.4, 0.5) is 11.4 Å². The quantitative estimate of drug-likeness (QED) is 0.704. The molecule has 1 amide bonds. The van der Waals surface area contributed by atoms with Crippen LogP contribution >= 0.6 is 0 Å². The van der Waals surface area contributed by atoms with Gasteiger partial charge in [0.15, 0.2) is 11.7 Å². The van der Waals surface area contributed by atoms with E-state index in [-0.39, 0.29) is 16.1 Å². The number of anilines is 2. The molecule has 1 atom stereocenters. The van der Waals surface area contributed by atoms with Crippen molar-refractivity contribution in [1.29, 1.82) is 5.26 Å². The summed E-state index contributed by atoms with van der Waals surface area (Å²) in [7, 11) is -3.79. The fraction of sp³-hybridized carbons (Fsp3) is 0.286. The predicted molar refractivity (Wildman–Crippen MR) is 108 cm³/mol. The van der Waals surface area contributed by atoms with E-state index in [1.165, 1.54) is 27.4 Å². The SMILES string of the molecule is CCN(CC)S(=O)(=O)c1ccc2c(c1)C(=O)[C@@H](C#N)C(=O)N2c1ccc(C)cc1. The molecule has 0 saturated heterocycles. The summed E-state index contributed by atoms with van der Waals surface area (Å²) in [6.45, 7) is 5.95. The number of hydrogen-bond donors (Lipinski definition) is 0. The maximum atomic E-state index is 12.9. The van der Waals surface area contributed by atoms with Gasteiger partial charge in [0.25, 0.3) is 5.91 Å². The Bertz CT molecular complexity index is 1110. The van der Waals surface area contributed by atoms with Crippen LogP contribution in [0.1, 0.15) is 29.8 Å². The number of nitrogens with zero attached hydrogens (tertiary/aromatic N) is 3. The van der Waals surface area contributed by atoms with E-state index in [1.54, 1.807) is 32.0 Å². The van der Waals surface area contributed by atoms with Gasteiger partial charge >= 0.3 is 0 Å². The second kappa shape index (κ2) is 7.78. The van der Waals surface area contributed by atoms with Crippen molar-refractivity contribution in [1.82, 2.24) is 4.31 Å². The number of carbonyl (C=O) groups excluding carboxylic acids is 2. The van der Waals surface area contributed by atoms with Gasteiger partial charge in [-0.3, -0.25) is 14.5 Å². The zero-order valence-electron chi connectivity index (χ0n) is 16.4. The molecule has 0 N–H and O–H groups in total. The molecule has 0 aliphatic carbocycles. The first-order valence-corrected chi connectivity index (χ1v) is 10.7. The molecule has 0 fully saturated rings. The summed E-state index contributed by atoms with van der Waals surface area (Å²) in [6.07, 6.45) is 0. The van der Waals surface area contributed by atoms with E-state index in [9.17, 15) is 23.3 Å². The number of aryl methyl sites for hydroxylation is 1. The van der Waals surface area contributed by atoms with Crippen LogP contribution in [0.2, 0.25) is 0 Å². The van der Waals surface area contributed by atoms with Crippen LogP contribution in [-0.2, 0) is 14.8 Å². The van der Waals surface area contributed by atoms with E-state index in [4.69, 9.17) is 0 Å². The molecular formula is C21H21N3O4S. The van der Waals surface area contributed by atoms with Crippen molar-refractivity contribution in [3.05, 3.63) is 53.6 Å². The number of amides is 1. The molecule has 3 rings (SSSR count). The molecule has 7 nitrogen and oxygen atoms in total. The van der Waals surface area contributed by atoms with E-state index in [2.05, 4.69) is 0 Å². The second-order valence-electron chi connectivity index (χ2n) is 6.70. The molecule has 0 aromatic heterocycles. The lowest BCUT2D eigenvalue weighted by atomic mass is 9.90. The van der Waals surface area contributed by atoms with Gasteiger partial charge < -0.3 is 0 Å². The molecule has 1 aliphatic rings. The number of Topliss-reactive ketones (excluding diaryl/α,β-unsaturated/α-hetero) is 1. The Kier molecular flexibility index (Phi) is 5.55. The standard InChI is InChI=1S/C21H21N3O4S/c1-4-23(5-2)29(27,28)16-10-11-19-17(12-16)20(25)18(13-22)21(26)24(19)15-8-6-14(3)7-9-15/h6-12,18H,4-5H2,1-3H3/t18-/m1/s1. The maximum Gasteiger partial charge on any atom is 0.256 e. The minimum Gasteiger partial charge on any atom is -0.292 e. The summed E-state index contributed by atoms with van der Waals surface area (Å²) in [6, 6.07) is 13.0. The highest BCUT2D eigenvalue weighted by Crippen LogP contribution is 2.37. The van der Waals surface area contributed by atoms with Crippen LogP contribution in [0.25, 0.3) is 0 Å². The van der Waals surface area contributed by atoms with Crippen molar-refractivity contribution < 1.29 is 18.0 Å². The summed E-state index contributed by atoms with van der Waals surface area (Å²) in [5.74, 6) is -2.85. The van der Waals surface area contributed by atoms with E-state index in [0.717, 1.165) is 5.56 Å². The number of benzene rings is 2. The highest BCUT2D eigenvalue weighted by molar-refractivity contribution is 7.89. The highest BCUT2D eigenvalue weighted by Gasteiger charge is 2.41. The van der Waals surface area contributed by atoms with Gasteiger partial charge in [-0.25, -0.2) is 8.42 Å². The molecule has 0 bridgehead atoms. The Morgan fingerprint density at radius 2 is 1.69 bits per heavy atom. The zero-order valence-corrected chi connectivity index (χ0v) is 17.2. The van der Waals surface area contributed by atoms with Crippen molar-refractivity contribution >= 4 is 33.1 Å². The Balaban J connectivity index is 2.21. The van der Waals surface area contributed by atoms with Crippen LogP contribution in [0.15, 0.2) is 47.4 Å². The monoisotopic (exact) mass is 411 g/mol. The number of carbonyl (C=O) groups is 2. The average Bonchev–Trinajstić information content (AvgIpc) is 2.70. The van der Waals surface area contributed by atoms with Gasteiger partial charge in [0, 0.05) is 24.3 Å². The first-order chi connectivity index (χ1) is 13.8. The van der Waals surface area contributed by atoms with Gasteiger partial charge in [0.2, 0.25) is 10.0 Å². The van der Waals surface area contributed by atoms with Gasteiger partial charge in [-0.15, -0.1) is 0 Å². The van der Waals surface area contributed by atoms with Gasteiger partial charge in [-0.1, -0.05) is 31.5 Å². The summed E-state index contributed by atoms with van der Waals surface area (Å²) in [5.41, 5.74) is 1.82. The molecule has 0 spiro atoms. The van der Waals surface area contributed by atoms with Gasteiger partial charge in [0.1, 0.15) is 0 Å². The topological polar surface area (TPSA) is 98.5 Å². The summed E-state index contributed by atoms with van der Waals surface area (Å²) in [4.78, 5) is 26.9. The molecule has 0 saturated carbocycles. The van der Waals surface area contributed by atoms with E-state index < -0.39 is 27.6 Å². The maximum absolute atomic E-state index is 12.9. The number of sulfonamides is 1. The smallest absolute Gasteiger partial charge is 0.256 e. The Labute approximate surface area is 170 Å². The average molecular weight is 411 g/mol. The predicted octanol–water partition coefficient (Wildman–Crippen LogP) is 3.03. The Morgan fingerprint density at radius 1 is 1.07 bits per heavy atom.